The number of benzene rings is 1. The van der Waals surface area contributed by atoms with Crippen molar-refractivity contribution >= 4 is 45.7 Å². The first-order valence-corrected chi connectivity index (χ1v) is 7.06. The minimum Gasteiger partial charge on any atom is -0.276 e. The molecule has 2 aromatic heterocycles. The molecule has 0 N–H and O–H groups in total. The molecule has 0 aliphatic carbocycles. The Morgan fingerprint density at radius 1 is 1.09 bits per heavy atom. The van der Waals surface area contributed by atoms with E-state index in [0.717, 1.165) is 5.69 Å². The molecule has 0 atom stereocenters. The Labute approximate surface area is 131 Å². The molecule has 3 aromatic rings. The van der Waals surface area contributed by atoms with Crippen LogP contribution in [0.3, 0.4) is 0 Å². The van der Waals surface area contributed by atoms with Gasteiger partial charge in [-0.05, 0) is 45.6 Å². The quantitative estimate of drug-likeness (QED) is 0.287. The van der Waals surface area contributed by atoms with Gasteiger partial charge in [-0.3, -0.25) is 4.57 Å². The summed E-state index contributed by atoms with van der Waals surface area (Å²) in [5, 5.41) is 6.90. The second-order valence-electron chi connectivity index (χ2n) is 3.92. The van der Waals surface area contributed by atoms with Crippen molar-refractivity contribution in [1.29, 1.82) is 0 Å². The smallest absolute Gasteiger partial charge is 0.218 e. The summed E-state index contributed by atoms with van der Waals surface area (Å²) >= 11 is 6.58. The zero-order valence-corrected chi connectivity index (χ0v) is 12.4. The van der Waals surface area contributed by atoms with E-state index in [9.17, 15) is 0 Å². The van der Waals surface area contributed by atoms with Gasteiger partial charge in [0.2, 0.25) is 5.95 Å². The van der Waals surface area contributed by atoms with Crippen LogP contribution in [0.1, 0.15) is 0 Å². The summed E-state index contributed by atoms with van der Waals surface area (Å²) in [6.07, 6.45) is 0. The number of aromatic nitrogens is 3. The van der Waals surface area contributed by atoms with Crippen molar-refractivity contribution in [3.05, 3.63) is 55.2 Å². The highest BCUT2D eigenvalue weighted by atomic mass is 32.1. The molecule has 3 rings (SSSR count). The van der Waals surface area contributed by atoms with Gasteiger partial charge >= 0.3 is 0 Å². The molecule has 0 bridgehead atoms. The first kappa shape index (κ1) is 14.0. The molecule has 9 nitrogen and oxygen atoms in total. The van der Waals surface area contributed by atoms with E-state index in [1.807, 2.05) is 30.3 Å². The molecule has 1 aromatic carbocycles. The van der Waals surface area contributed by atoms with Gasteiger partial charge in [0.25, 0.3) is 0 Å². The highest BCUT2D eigenvalue weighted by Gasteiger charge is 2.14. The Balaban J connectivity index is 2.44. The number of rotatable bonds is 3. The van der Waals surface area contributed by atoms with Gasteiger partial charge < -0.3 is 0 Å². The maximum absolute atomic E-state index is 8.66. The fourth-order valence-corrected chi connectivity index (χ4v) is 3.18. The minimum atomic E-state index is -0.130. The zero-order valence-electron chi connectivity index (χ0n) is 10.7. The number of nitrogens with zero attached hydrogens (tertiary/aromatic N) is 9. The van der Waals surface area contributed by atoms with E-state index in [4.69, 9.17) is 23.3 Å². The topological polar surface area (TPSA) is 128 Å². The van der Waals surface area contributed by atoms with Gasteiger partial charge in [-0.1, -0.05) is 18.2 Å². The number of hydrogen-bond donors (Lipinski definition) is 0. The van der Waals surface area contributed by atoms with Crippen LogP contribution in [0.15, 0.2) is 40.6 Å². The molecule has 22 heavy (non-hydrogen) atoms. The van der Waals surface area contributed by atoms with Crippen LogP contribution in [0.5, 0.6) is 0 Å². The van der Waals surface area contributed by atoms with Gasteiger partial charge in [-0.15, -0.1) is 11.3 Å². The summed E-state index contributed by atoms with van der Waals surface area (Å²) < 4.78 is 2.76. The average molecular weight is 327 g/mol. The van der Waals surface area contributed by atoms with Crippen molar-refractivity contribution in [2.24, 2.45) is 10.2 Å². The molecule has 0 saturated heterocycles. The fraction of sp³-hybridized carbons (Fsp3) is 0. The van der Waals surface area contributed by atoms with E-state index >= 15 is 0 Å². The second-order valence-corrected chi connectivity index (χ2v) is 5.56. The molecule has 2 heterocycles. The molecule has 0 spiro atoms. The second kappa shape index (κ2) is 5.80. The summed E-state index contributed by atoms with van der Waals surface area (Å²) in [5.41, 5.74) is 18.4. The van der Waals surface area contributed by atoms with Crippen molar-refractivity contribution in [3.8, 4) is 5.69 Å². The van der Waals surface area contributed by atoms with E-state index < -0.39 is 0 Å². The first-order valence-electron chi connectivity index (χ1n) is 5.84. The molecule has 11 heteroatoms. The number of azide groups is 2. The SMILES string of the molecule is [N-]=[N+]=Nc1nc(N=[N+]=[N-])c2sc(=S)n(-c3ccccc3)c2n1. The van der Waals surface area contributed by atoms with Crippen molar-refractivity contribution < 1.29 is 0 Å². The lowest BCUT2D eigenvalue weighted by atomic mass is 10.3. The molecular formula is C11H5N9S2. The Morgan fingerprint density at radius 2 is 1.82 bits per heavy atom. The third-order valence-electron chi connectivity index (χ3n) is 2.69. The summed E-state index contributed by atoms with van der Waals surface area (Å²) in [5.74, 6) is -0.0458. The predicted molar refractivity (Wildman–Crippen MR) is 85.2 cm³/mol. The fourth-order valence-electron chi connectivity index (χ4n) is 1.88. The van der Waals surface area contributed by atoms with Gasteiger partial charge in [0.1, 0.15) is 10.5 Å². The highest BCUT2D eigenvalue weighted by Crippen LogP contribution is 2.33. The van der Waals surface area contributed by atoms with E-state index in [1.165, 1.54) is 11.3 Å². The van der Waals surface area contributed by atoms with E-state index in [2.05, 4.69) is 30.0 Å². The molecule has 0 aliphatic heterocycles. The number of thiazole rings is 1. The maximum Gasteiger partial charge on any atom is 0.218 e. The monoisotopic (exact) mass is 327 g/mol. The summed E-state index contributed by atoms with van der Waals surface area (Å²) in [6.45, 7) is 0. The molecule has 0 saturated carbocycles. The van der Waals surface area contributed by atoms with Crippen molar-refractivity contribution in [3.63, 3.8) is 0 Å². The van der Waals surface area contributed by atoms with Crippen molar-refractivity contribution in [1.82, 2.24) is 14.5 Å². The number of hydrogen-bond acceptors (Lipinski definition) is 6. The lowest BCUT2D eigenvalue weighted by Crippen LogP contribution is -1.95. The Morgan fingerprint density at radius 3 is 2.50 bits per heavy atom. The molecule has 0 amide bonds. The Bertz CT molecular complexity index is 1010. The van der Waals surface area contributed by atoms with Crippen LogP contribution in [0.25, 0.3) is 36.9 Å². The van der Waals surface area contributed by atoms with Gasteiger partial charge in [0, 0.05) is 15.5 Å². The lowest BCUT2D eigenvalue weighted by molar-refractivity contribution is 1.06. The van der Waals surface area contributed by atoms with Crippen LogP contribution in [-0.4, -0.2) is 14.5 Å². The maximum atomic E-state index is 8.66. The Kier molecular flexibility index (Phi) is 3.69. The minimum absolute atomic E-state index is 0.0840. The number of fused-ring (bicyclic) bond motifs is 1. The summed E-state index contributed by atoms with van der Waals surface area (Å²) in [6, 6.07) is 9.34. The predicted octanol–water partition coefficient (Wildman–Crippen LogP) is 5.10. The van der Waals surface area contributed by atoms with Crippen molar-refractivity contribution in [2.45, 2.75) is 0 Å². The highest BCUT2D eigenvalue weighted by molar-refractivity contribution is 7.73. The third kappa shape index (κ3) is 2.36. The number of para-hydroxylation sites is 1. The van der Waals surface area contributed by atoms with E-state index in [1.54, 1.807) is 4.57 Å². The molecule has 0 aliphatic rings. The van der Waals surface area contributed by atoms with E-state index in [0.29, 0.717) is 14.3 Å². The largest absolute Gasteiger partial charge is 0.276 e. The van der Waals surface area contributed by atoms with Crippen LogP contribution in [0, 0.1) is 3.95 Å². The average Bonchev–Trinajstić information content (AvgIpc) is 2.85. The van der Waals surface area contributed by atoms with Crippen LogP contribution in [-0.2, 0) is 0 Å². The van der Waals surface area contributed by atoms with Crippen LogP contribution < -0.4 is 0 Å². The lowest BCUT2D eigenvalue weighted by Gasteiger charge is -2.04. The summed E-state index contributed by atoms with van der Waals surface area (Å²) in [7, 11) is 0. The van der Waals surface area contributed by atoms with Gasteiger partial charge in [-0.25, -0.2) is 9.97 Å². The summed E-state index contributed by atoms with van der Waals surface area (Å²) in [4.78, 5) is 13.5. The van der Waals surface area contributed by atoms with Gasteiger partial charge in [0.05, 0.1) is 0 Å². The van der Waals surface area contributed by atoms with Crippen LogP contribution in [0.2, 0.25) is 0 Å². The van der Waals surface area contributed by atoms with E-state index in [-0.39, 0.29) is 11.8 Å². The Hall–Kier alpha value is -2.97. The molecule has 0 unspecified atom stereocenters. The molecular weight excluding hydrogens is 322 g/mol. The molecule has 106 valence electrons. The first-order chi connectivity index (χ1) is 10.7. The molecule has 0 radical (unpaired) electrons. The van der Waals surface area contributed by atoms with Crippen LogP contribution >= 0.6 is 23.6 Å². The van der Waals surface area contributed by atoms with Crippen LogP contribution in [0.4, 0.5) is 11.8 Å². The standard InChI is InChI=1S/C11H5N9S2/c12-18-16-8-7-9(15-10(14-8)17-19-13)20(11(21)22-7)6-4-2-1-3-5-6/h1-5H. The van der Waals surface area contributed by atoms with Gasteiger partial charge in [0.15, 0.2) is 9.60 Å². The third-order valence-corrected chi connectivity index (χ3v) is 4.05. The molecule has 0 fully saturated rings. The zero-order chi connectivity index (χ0) is 15.5. The normalized spacial score (nSPS) is 10.0. The van der Waals surface area contributed by atoms with Crippen molar-refractivity contribution in [2.75, 3.05) is 0 Å². The van der Waals surface area contributed by atoms with Gasteiger partial charge in [-0.2, -0.15) is 0 Å².